The summed E-state index contributed by atoms with van der Waals surface area (Å²) in [5.41, 5.74) is 0.507. The lowest BCUT2D eigenvalue weighted by atomic mass is 9.81. The fourth-order valence-electron chi connectivity index (χ4n) is 3.16. The lowest BCUT2D eigenvalue weighted by Crippen LogP contribution is -2.45. The second-order valence-electron chi connectivity index (χ2n) is 6.99. The first-order valence-electron chi connectivity index (χ1n) is 8.67. The highest BCUT2D eigenvalue weighted by molar-refractivity contribution is 4.93. The van der Waals surface area contributed by atoms with Crippen LogP contribution in [0.25, 0.3) is 0 Å². The Morgan fingerprint density at radius 1 is 1.05 bits per heavy atom. The summed E-state index contributed by atoms with van der Waals surface area (Å²) in [5, 5.41) is 3.68. The van der Waals surface area contributed by atoms with Crippen LogP contribution in [0.4, 0.5) is 0 Å². The second-order valence-corrected chi connectivity index (χ2v) is 6.99. The molecule has 0 aromatic carbocycles. The van der Waals surface area contributed by atoms with Gasteiger partial charge in [0.25, 0.3) is 0 Å². The molecule has 112 valence electrons. The van der Waals surface area contributed by atoms with Gasteiger partial charge in [-0.2, -0.15) is 0 Å². The Labute approximate surface area is 120 Å². The minimum atomic E-state index is 0.507. The lowest BCUT2D eigenvalue weighted by molar-refractivity contribution is 0.124. The summed E-state index contributed by atoms with van der Waals surface area (Å²) in [7, 11) is 0. The van der Waals surface area contributed by atoms with E-state index in [1.165, 1.54) is 71.1 Å². The summed E-state index contributed by atoms with van der Waals surface area (Å²) in [6, 6.07) is 0.934. The smallest absolute Gasteiger partial charge is 0.00967 e. The van der Waals surface area contributed by atoms with E-state index in [2.05, 4.69) is 31.0 Å². The monoisotopic (exact) mass is 266 g/mol. The van der Waals surface area contributed by atoms with Crippen LogP contribution in [-0.2, 0) is 0 Å². The van der Waals surface area contributed by atoms with E-state index in [0.717, 1.165) is 12.0 Å². The van der Waals surface area contributed by atoms with Gasteiger partial charge in [0.1, 0.15) is 0 Å². The minimum Gasteiger partial charge on any atom is -0.316 e. The fourth-order valence-corrected chi connectivity index (χ4v) is 3.16. The summed E-state index contributed by atoms with van der Waals surface area (Å²) in [5.74, 6) is 1.04. The molecule has 0 spiro atoms. The minimum absolute atomic E-state index is 0.507. The van der Waals surface area contributed by atoms with Crippen molar-refractivity contribution in [2.45, 2.75) is 71.8 Å². The molecular weight excluding hydrogens is 232 g/mol. The van der Waals surface area contributed by atoms with Gasteiger partial charge in [0.15, 0.2) is 0 Å². The maximum atomic E-state index is 3.68. The Bertz CT molecular complexity index is 252. The van der Waals surface area contributed by atoms with Crippen LogP contribution in [0.15, 0.2) is 0 Å². The van der Waals surface area contributed by atoms with E-state index in [1.807, 2.05) is 0 Å². The van der Waals surface area contributed by atoms with E-state index in [0.29, 0.717) is 5.41 Å². The topological polar surface area (TPSA) is 15.3 Å². The molecule has 2 saturated carbocycles. The van der Waals surface area contributed by atoms with Gasteiger partial charge < -0.3 is 5.32 Å². The zero-order valence-electron chi connectivity index (χ0n) is 13.4. The number of rotatable bonds is 11. The summed E-state index contributed by atoms with van der Waals surface area (Å²) >= 11 is 0. The van der Waals surface area contributed by atoms with Crippen LogP contribution in [-0.4, -0.2) is 37.1 Å². The van der Waals surface area contributed by atoms with Crippen molar-refractivity contribution in [2.24, 2.45) is 11.3 Å². The molecule has 2 aliphatic carbocycles. The van der Waals surface area contributed by atoms with Crippen LogP contribution in [0.5, 0.6) is 0 Å². The van der Waals surface area contributed by atoms with Crippen LogP contribution in [0.2, 0.25) is 0 Å². The van der Waals surface area contributed by atoms with E-state index < -0.39 is 0 Å². The highest BCUT2D eigenvalue weighted by atomic mass is 15.2. The average molecular weight is 266 g/mol. The summed E-state index contributed by atoms with van der Waals surface area (Å²) in [6.45, 7) is 12.1. The molecule has 1 N–H and O–H groups in total. The van der Waals surface area contributed by atoms with E-state index in [4.69, 9.17) is 0 Å². The first kappa shape index (κ1) is 15.3. The number of nitrogens with one attached hydrogen (secondary N) is 1. The second kappa shape index (κ2) is 7.08. The standard InChI is InChI=1S/C17H34N2/c1-4-11-18-13-17(5-2,6-3)14-19(16-9-10-16)12-15-7-8-15/h15-16,18H,4-14H2,1-3H3. The molecule has 0 heterocycles. The molecule has 0 unspecified atom stereocenters. The Hall–Kier alpha value is -0.0800. The third-order valence-electron chi connectivity index (χ3n) is 5.22. The lowest BCUT2D eigenvalue weighted by Gasteiger charge is -2.38. The van der Waals surface area contributed by atoms with Gasteiger partial charge in [0.05, 0.1) is 0 Å². The van der Waals surface area contributed by atoms with E-state index >= 15 is 0 Å². The van der Waals surface area contributed by atoms with Crippen molar-refractivity contribution in [3.05, 3.63) is 0 Å². The third kappa shape index (κ3) is 4.75. The van der Waals surface area contributed by atoms with E-state index in [9.17, 15) is 0 Å². The van der Waals surface area contributed by atoms with Gasteiger partial charge in [-0.15, -0.1) is 0 Å². The zero-order chi connectivity index (χ0) is 13.7. The molecule has 0 amide bonds. The molecule has 0 saturated heterocycles. The predicted molar refractivity (Wildman–Crippen MR) is 83.5 cm³/mol. The van der Waals surface area contributed by atoms with Gasteiger partial charge in [-0.1, -0.05) is 20.8 Å². The van der Waals surface area contributed by atoms with Crippen molar-refractivity contribution in [1.29, 1.82) is 0 Å². The van der Waals surface area contributed by atoms with Gasteiger partial charge in [-0.25, -0.2) is 0 Å². The van der Waals surface area contributed by atoms with Crippen molar-refractivity contribution >= 4 is 0 Å². The molecule has 0 atom stereocenters. The SMILES string of the molecule is CCCNCC(CC)(CC)CN(CC1CC1)C1CC1. The van der Waals surface area contributed by atoms with Gasteiger partial charge in [0, 0.05) is 25.7 Å². The van der Waals surface area contributed by atoms with Gasteiger partial charge in [-0.05, 0) is 62.8 Å². The molecule has 0 aliphatic heterocycles. The molecule has 0 aromatic rings. The number of nitrogens with zero attached hydrogens (tertiary/aromatic N) is 1. The highest BCUT2D eigenvalue weighted by Crippen LogP contribution is 2.38. The molecule has 0 radical (unpaired) electrons. The fraction of sp³-hybridized carbons (Fsp3) is 1.00. The highest BCUT2D eigenvalue weighted by Gasteiger charge is 2.38. The molecular formula is C17H34N2. The van der Waals surface area contributed by atoms with Crippen molar-refractivity contribution in [1.82, 2.24) is 10.2 Å². The van der Waals surface area contributed by atoms with Gasteiger partial charge >= 0.3 is 0 Å². The van der Waals surface area contributed by atoms with Crippen LogP contribution in [0.1, 0.15) is 65.7 Å². The van der Waals surface area contributed by atoms with Crippen LogP contribution in [0, 0.1) is 11.3 Å². The molecule has 2 rings (SSSR count). The molecule has 2 heteroatoms. The molecule has 2 fully saturated rings. The van der Waals surface area contributed by atoms with E-state index in [-0.39, 0.29) is 0 Å². The van der Waals surface area contributed by atoms with Gasteiger partial charge in [0.2, 0.25) is 0 Å². The molecule has 2 aliphatic rings. The Kier molecular flexibility index (Phi) is 5.70. The third-order valence-corrected chi connectivity index (χ3v) is 5.22. The number of hydrogen-bond donors (Lipinski definition) is 1. The molecule has 2 nitrogen and oxygen atoms in total. The van der Waals surface area contributed by atoms with Crippen LogP contribution in [0.3, 0.4) is 0 Å². The average Bonchev–Trinajstić information content (AvgIpc) is 3.29. The zero-order valence-corrected chi connectivity index (χ0v) is 13.4. The molecule has 0 bridgehead atoms. The Morgan fingerprint density at radius 3 is 2.21 bits per heavy atom. The largest absolute Gasteiger partial charge is 0.316 e. The van der Waals surface area contributed by atoms with Crippen LogP contribution < -0.4 is 5.32 Å². The van der Waals surface area contributed by atoms with Crippen molar-refractivity contribution in [3.63, 3.8) is 0 Å². The Balaban J connectivity index is 1.87. The van der Waals surface area contributed by atoms with Gasteiger partial charge in [-0.3, -0.25) is 4.90 Å². The van der Waals surface area contributed by atoms with Crippen LogP contribution >= 0.6 is 0 Å². The van der Waals surface area contributed by atoms with Crippen molar-refractivity contribution in [2.75, 3.05) is 26.2 Å². The normalized spacial score (nSPS) is 20.2. The predicted octanol–water partition coefficient (Wildman–Crippen LogP) is 3.67. The molecule has 0 aromatic heterocycles. The summed E-state index contributed by atoms with van der Waals surface area (Å²) in [4.78, 5) is 2.85. The maximum Gasteiger partial charge on any atom is 0.00967 e. The first-order valence-corrected chi connectivity index (χ1v) is 8.67. The summed E-state index contributed by atoms with van der Waals surface area (Å²) < 4.78 is 0. The summed E-state index contributed by atoms with van der Waals surface area (Å²) in [6.07, 6.45) is 9.77. The van der Waals surface area contributed by atoms with Crippen molar-refractivity contribution < 1.29 is 0 Å². The van der Waals surface area contributed by atoms with E-state index in [1.54, 1.807) is 0 Å². The number of hydrogen-bond acceptors (Lipinski definition) is 2. The first-order chi connectivity index (χ1) is 9.23. The molecule has 19 heavy (non-hydrogen) atoms. The maximum absolute atomic E-state index is 3.68. The quantitative estimate of drug-likeness (QED) is 0.574. The van der Waals surface area contributed by atoms with Crippen molar-refractivity contribution in [3.8, 4) is 0 Å². The Morgan fingerprint density at radius 2 is 1.74 bits per heavy atom.